The lowest BCUT2D eigenvalue weighted by Crippen LogP contribution is -2.25. The van der Waals surface area contributed by atoms with Crippen molar-refractivity contribution < 1.29 is 18.5 Å². The zero-order chi connectivity index (χ0) is 19.8. The summed E-state index contributed by atoms with van der Waals surface area (Å²) in [4.78, 5) is 30.0. The number of hydrogen-bond donors (Lipinski definition) is 0. The summed E-state index contributed by atoms with van der Waals surface area (Å²) in [5, 5.41) is 6.58. The third-order valence-electron chi connectivity index (χ3n) is 4.35. The molecule has 0 fully saturated rings. The van der Waals surface area contributed by atoms with E-state index in [4.69, 9.17) is 13.7 Å². The van der Waals surface area contributed by atoms with Crippen molar-refractivity contribution in [2.24, 2.45) is 0 Å². The van der Waals surface area contributed by atoms with Gasteiger partial charge < -0.3 is 13.7 Å². The van der Waals surface area contributed by atoms with Gasteiger partial charge in [-0.2, -0.15) is 0 Å². The molecule has 0 amide bonds. The highest BCUT2D eigenvalue weighted by Gasteiger charge is 2.16. The topological polar surface area (TPSA) is 100 Å². The lowest BCUT2D eigenvalue weighted by molar-refractivity contribution is -0.145. The van der Waals surface area contributed by atoms with Crippen molar-refractivity contribution in [1.82, 2.24) is 14.7 Å². The van der Waals surface area contributed by atoms with Gasteiger partial charge in [0.2, 0.25) is 5.58 Å². The van der Waals surface area contributed by atoms with E-state index in [1.54, 1.807) is 12.1 Å². The molecule has 0 atom stereocenters. The maximum atomic E-state index is 12.6. The quantitative estimate of drug-likeness (QED) is 0.410. The van der Waals surface area contributed by atoms with Crippen molar-refractivity contribution in [3.8, 4) is 10.6 Å². The van der Waals surface area contributed by atoms with Gasteiger partial charge in [0.15, 0.2) is 5.76 Å². The van der Waals surface area contributed by atoms with Crippen LogP contribution in [0.1, 0.15) is 5.69 Å². The van der Waals surface area contributed by atoms with Gasteiger partial charge in [-0.15, -0.1) is 11.3 Å². The van der Waals surface area contributed by atoms with E-state index >= 15 is 0 Å². The SMILES string of the molecule is O=C(Cn1cnc2c(oc3ccccc32)c1=O)OCc1cc(-c2cccs2)on1. The van der Waals surface area contributed by atoms with Crippen molar-refractivity contribution in [1.29, 1.82) is 0 Å². The molecule has 0 N–H and O–H groups in total. The molecule has 29 heavy (non-hydrogen) atoms. The van der Waals surface area contributed by atoms with Crippen molar-refractivity contribution >= 4 is 39.4 Å². The maximum Gasteiger partial charge on any atom is 0.326 e. The molecule has 0 spiro atoms. The Bertz CT molecular complexity index is 1380. The number of furan rings is 1. The minimum Gasteiger partial charge on any atom is -0.458 e. The molecule has 0 saturated heterocycles. The van der Waals surface area contributed by atoms with E-state index in [2.05, 4.69) is 10.1 Å². The first-order valence-corrected chi connectivity index (χ1v) is 9.59. The minimum absolute atomic E-state index is 0.0528. The molecule has 144 valence electrons. The van der Waals surface area contributed by atoms with Gasteiger partial charge in [0, 0.05) is 11.5 Å². The zero-order valence-electron chi connectivity index (χ0n) is 14.9. The lowest BCUT2D eigenvalue weighted by Gasteiger charge is -2.04. The first-order chi connectivity index (χ1) is 14.2. The van der Waals surface area contributed by atoms with Crippen molar-refractivity contribution in [2.75, 3.05) is 0 Å². The number of aromatic nitrogens is 3. The Morgan fingerprint density at radius 1 is 1.21 bits per heavy atom. The predicted molar refractivity (Wildman–Crippen MR) is 105 cm³/mol. The summed E-state index contributed by atoms with van der Waals surface area (Å²) < 4.78 is 17.2. The Balaban J connectivity index is 1.30. The van der Waals surface area contributed by atoms with Crippen molar-refractivity contribution in [3.63, 3.8) is 0 Å². The molecule has 0 unspecified atom stereocenters. The summed E-state index contributed by atoms with van der Waals surface area (Å²) in [7, 11) is 0. The van der Waals surface area contributed by atoms with Gasteiger partial charge in [0.1, 0.15) is 29.9 Å². The average Bonchev–Trinajstić information content (AvgIpc) is 3.48. The average molecular weight is 407 g/mol. The van der Waals surface area contributed by atoms with E-state index in [9.17, 15) is 9.59 Å². The number of hydrogen-bond acceptors (Lipinski definition) is 8. The molecule has 0 aliphatic heterocycles. The van der Waals surface area contributed by atoms with Gasteiger partial charge in [0.25, 0.3) is 5.56 Å². The van der Waals surface area contributed by atoms with Crippen molar-refractivity contribution in [2.45, 2.75) is 13.2 Å². The Kier molecular flexibility index (Phi) is 4.21. The predicted octanol–water partition coefficient (Wildman–Crippen LogP) is 3.60. The molecule has 4 heterocycles. The van der Waals surface area contributed by atoms with Crippen LogP contribution in [0.5, 0.6) is 0 Å². The van der Waals surface area contributed by atoms with Gasteiger partial charge in [-0.3, -0.25) is 14.2 Å². The summed E-state index contributed by atoms with van der Waals surface area (Å²) in [6.45, 7) is -0.336. The van der Waals surface area contributed by atoms with E-state index in [-0.39, 0.29) is 18.7 Å². The third kappa shape index (κ3) is 3.21. The summed E-state index contributed by atoms with van der Waals surface area (Å²) in [5.74, 6) is 0.0202. The molecule has 0 saturated carbocycles. The number of benzene rings is 1. The minimum atomic E-state index is -0.593. The number of thiophene rings is 1. The zero-order valence-corrected chi connectivity index (χ0v) is 15.7. The fraction of sp³-hybridized carbons (Fsp3) is 0.100. The summed E-state index contributed by atoms with van der Waals surface area (Å²) in [6.07, 6.45) is 1.32. The van der Waals surface area contributed by atoms with E-state index in [1.165, 1.54) is 17.7 Å². The van der Waals surface area contributed by atoms with Crippen LogP contribution in [0.25, 0.3) is 32.7 Å². The van der Waals surface area contributed by atoms with Crippen LogP contribution in [0, 0.1) is 0 Å². The Morgan fingerprint density at radius 3 is 2.97 bits per heavy atom. The molecule has 0 bridgehead atoms. The first kappa shape index (κ1) is 17.4. The fourth-order valence-corrected chi connectivity index (χ4v) is 3.66. The summed E-state index contributed by atoms with van der Waals surface area (Å²) in [6, 6.07) is 12.8. The molecular formula is C20H13N3O5S. The second kappa shape index (κ2) is 7.02. The highest BCUT2D eigenvalue weighted by Crippen LogP contribution is 2.25. The van der Waals surface area contributed by atoms with Gasteiger partial charge in [0.05, 0.1) is 11.2 Å². The van der Waals surface area contributed by atoms with Crippen LogP contribution < -0.4 is 5.56 Å². The molecule has 9 heteroatoms. The number of para-hydroxylation sites is 1. The second-order valence-electron chi connectivity index (χ2n) is 6.27. The molecule has 0 aliphatic carbocycles. The van der Waals surface area contributed by atoms with Crippen LogP contribution >= 0.6 is 11.3 Å². The molecule has 0 aliphatic rings. The van der Waals surface area contributed by atoms with Crippen LogP contribution in [0.15, 0.2) is 67.9 Å². The molecule has 5 aromatic rings. The molecule has 0 radical (unpaired) electrons. The van der Waals surface area contributed by atoms with Gasteiger partial charge in [-0.25, -0.2) is 4.98 Å². The van der Waals surface area contributed by atoms with Crippen molar-refractivity contribution in [3.05, 3.63) is 70.2 Å². The number of carbonyl (C=O) groups is 1. The number of fused-ring (bicyclic) bond motifs is 3. The van der Waals surface area contributed by atoms with Crippen LogP contribution in [0.4, 0.5) is 0 Å². The largest absolute Gasteiger partial charge is 0.458 e. The summed E-state index contributed by atoms with van der Waals surface area (Å²) in [5.41, 5.74) is 1.20. The maximum absolute atomic E-state index is 12.6. The van der Waals surface area contributed by atoms with E-state index < -0.39 is 11.5 Å². The monoisotopic (exact) mass is 407 g/mol. The second-order valence-corrected chi connectivity index (χ2v) is 7.22. The standard InChI is InChI=1S/C20H13N3O5S/c24-17(26-10-12-8-15(28-22-12)16-6-3-7-29-16)9-23-11-21-18-13-4-1-2-5-14(13)27-19(18)20(23)25/h1-8,11H,9-10H2. The normalized spacial score (nSPS) is 11.3. The van der Waals surface area contributed by atoms with Gasteiger partial charge in [-0.05, 0) is 23.6 Å². The Morgan fingerprint density at radius 2 is 2.10 bits per heavy atom. The Labute approximate surface area is 166 Å². The van der Waals surface area contributed by atoms with Crippen LogP contribution in [-0.2, 0) is 22.7 Å². The molecule has 8 nitrogen and oxygen atoms in total. The highest BCUT2D eigenvalue weighted by atomic mass is 32.1. The Hall–Kier alpha value is -3.72. The number of carbonyl (C=O) groups excluding carboxylic acids is 1. The third-order valence-corrected chi connectivity index (χ3v) is 5.24. The van der Waals surface area contributed by atoms with Crippen LogP contribution in [0.3, 0.4) is 0 Å². The number of ether oxygens (including phenoxy) is 1. The van der Waals surface area contributed by atoms with Crippen LogP contribution in [-0.4, -0.2) is 20.7 Å². The first-order valence-electron chi connectivity index (χ1n) is 8.71. The highest BCUT2D eigenvalue weighted by molar-refractivity contribution is 7.13. The lowest BCUT2D eigenvalue weighted by atomic mass is 10.2. The van der Waals surface area contributed by atoms with Gasteiger partial charge in [-0.1, -0.05) is 23.4 Å². The number of rotatable bonds is 5. The fourth-order valence-electron chi connectivity index (χ4n) is 2.98. The number of nitrogens with zero attached hydrogens (tertiary/aromatic N) is 3. The van der Waals surface area contributed by atoms with Gasteiger partial charge >= 0.3 is 5.97 Å². The van der Waals surface area contributed by atoms with E-state index in [0.717, 1.165) is 14.8 Å². The molecule has 4 aromatic heterocycles. The summed E-state index contributed by atoms with van der Waals surface area (Å²) >= 11 is 1.52. The number of esters is 1. The van der Waals surface area contributed by atoms with E-state index in [0.29, 0.717) is 22.6 Å². The van der Waals surface area contributed by atoms with Crippen LogP contribution in [0.2, 0.25) is 0 Å². The smallest absolute Gasteiger partial charge is 0.326 e. The van der Waals surface area contributed by atoms with E-state index in [1.807, 2.05) is 35.7 Å². The molecule has 5 rings (SSSR count). The molecular weight excluding hydrogens is 394 g/mol. The molecule has 1 aromatic carbocycles.